The van der Waals surface area contributed by atoms with Crippen LogP contribution >= 0.6 is 0 Å². The van der Waals surface area contributed by atoms with Gasteiger partial charge in [0.25, 0.3) is 5.78 Å². The van der Waals surface area contributed by atoms with Gasteiger partial charge in [0.05, 0.1) is 23.7 Å². The summed E-state index contributed by atoms with van der Waals surface area (Å²) < 4.78 is 10.4. The first kappa shape index (κ1) is 14.1. The lowest BCUT2D eigenvalue weighted by Crippen LogP contribution is -2.17. The third-order valence-electron chi connectivity index (χ3n) is 2.74. The number of carbonyl (C=O) groups excluding carboxylic acids is 2. The highest BCUT2D eigenvalue weighted by Gasteiger charge is 2.23. The van der Waals surface area contributed by atoms with Gasteiger partial charge in [-0.2, -0.15) is 0 Å². The van der Waals surface area contributed by atoms with Gasteiger partial charge in [-0.3, -0.25) is 4.79 Å². The van der Waals surface area contributed by atoms with Crippen LogP contribution in [0.3, 0.4) is 0 Å². The van der Waals surface area contributed by atoms with Crippen LogP contribution in [0.5, 0.6) is 5.75 Å². The fourth-order valence-electron chi connectivity index (χ4n) is 1.99. The Morgan fingerprint density at radius 1 is 1.30 bits per heavy atom. The second-order valence-corrected chi connectivity index (χ2v) is 4.60. The average Bonchev–Trinajstić information content (AvgIpc) is 2.82. The number of fused-ring (bicyclic) bond motifs is 1. The summed E-state index contributed by atoms with van der Waals surface area (Å²) in [4.78, 5) is 26.7. The number of aromatic nitrogens is 1. The maximum Gasteiger partial charge on any atom is 0.379 e. The second kappa shape index (κ2) is 5.77. The van der Waals surface area contributed by atoms with Crippen LogP contribution in [0.1, 0.15) is 31.1 Å². The zero-order valence-electron chi connectivity index (χ0n) is 11.7. The van der Waals surface area contributed by atoms with Crippen molar-refractivity contribution in [3.63, 3.8) is 0 Å². The lowest BCUT2D eigenvalue weighted by atomic mass is 10.1. The molecule has 0 radical (unpaired) electrons. The molecule has 1 N–H and O–H groups in total. The van der Waals surface area contributed by atoms with Crippen LogP contribution in [0, 0.1) is 0 Å². The molecule has 0 unspecified atom stereocenters. The van der Waals surface area contributed by atoms with Gasteiger partial charge in [0.1, 0.15) is 5.75 Å². The number of ether oxygens (including phenoxy) is 2. The van der Waals surface area contributed by atoms with Crippen LogP contribution < -0.4 is 4.74 Å². The maximum atomic E-state index is 12.1. The van der Waals surface area contributed by atoms with E-state index in [1.165, 1.54) is 6.20 Å². The highest BCUT2D eigenvalue weighted by Crippen LogP contribution is 2.30. The summed E-state index contributed by atoms with van der Waals surface area (Å²) in [6.07, 6.45) is 1.48. The normalized spacial score (nSPS) is 10.8. The zero-order valence-corrected chi connectivity index (χ0v) is 11.7. The van der Waals surface area contributed by atoms with Gasteiger partial charge in [-0.25, -0.2) is 4.79 Å². The number of hydrogen-bond acceptors (Lipinski definition) is 4. The Balaban J connectivity index is 2.49. The number of Topliss-reactive ketones (excluding diaryl/α,β-unsaturated/α-hetero) is 1. The summed E-state index contributed by atoms with van der Waals surface area (Å²) in [6, 6.07) is 5.43. The van der Waals surface area contributed by atoms with Crippen molar-refractivity contribution in [2.45, 2.75) is 26.9 Å². The van der Waals surface area contributed by atoms with Crippen molar-refractivity contribution in [1.29, 1.82) is 0 Å². The molecule has 0 spiro atoms. The summed E-state index contributed by atoms with van der Waals surface area (Å²) in [5.41, 5.74) is 1.02. The van der Waals surface area contributed by atoms with E-state index in [1.54, 1.807) is 13.0 Å². The van der Waals surface area contributed by atoms with Gasteiger partial charge in [0.15, 0.2) is 0 Å². The average molecular weight is 275 g/mol. The molecule has 0 saturated heterocycles. The Morgan fingerprint density at radius 2 is 2.05 bits per heavy atom. The van der Waals surface area contributed by atoms with Crippen LogP contribution in [0.15, 0.2) is 24.4 Å². The third-order valence-corrected chi connectivity index (χ3v) is 2.74. The number of aromatic amines is 1. The molecular weight excluding hydrogens is 258 g/mol. The molecule has 0 aliphatic heterocycles. The van der Waals surface area contributed by atoms with E-state index < -0.39 is 11.8 Å². The number of rotatable bonds is 5. The van der Waals surface area contributed by atoms with Crippen molar-refractivity contribution in [3.8, 4) is 5.75 Å². The van der Waals surface area contributed by atoms with E-state index in [4.69, 9.17) is 9.47 Å². The third kappa shape index (κ3) is 2.66. The highest BCUT2D eigenvalue weighted by atomic mass is 16.5. The van der Waals surface area contributed by atoms with E-state index in [1.807, 2.05) is 26.0 Å². The second-order valence-electron chi connectivity index (χ2n) is 4.60. The SMILES string of the molecule is CCOC(=O)C(=O)c1c[nH]c2cccc(OC(C)C)c12. The molecule has 0 bridgehead atoms. The number of ketones is 1. The largest absolute Gasteiger partial charge is 0.490 e. The number of carbonyl (C=O) groups is 2. The van der Waals surface area contributed by atoms with Gasteiger partial charge in [0.2, 0.25) is 0 Å². The van der Waals surface area contributed by atoms with Crippen molar-refractivity contribution in [2.24, 2.45) is 0 Å². The standard InChI is InChI=1S/C15H17NO4/c1-4-19-15(18)14(17)10-8-16-11-6-5-7-12(13(10)11)20-9(2)3/h5-9,16H,4H2,1-3H3. The summed E-state index contributed by atoms with van der Waals surface area (Å²) in [6.45, 7) is 5.63. The van der Waals surface area contributed by atoms with Gasteiger partial charge < -0.3 is 14.5 Å². The number of benzene rings is 1. The van der Waals surface area contributed by atoms with E-state index in [0.29, 0.717) is 11.1 Å². The Hall–Kier alpha value is -2.30. The van der Waals surface area contributed by atoms with Gasteiger partial charge in [-0.05, 0) is 32.9 Å². The lowest BCUT2D eigenvalue weighted by Gasteiger charge is -2.11. The van der Waals surface area contributed by atoms with Gasteiger partial charge in [-0.15, -0.1) is 0 Å². The molecule has 0 aliphatic carbocycles. The molecule has 0 atom stereocenters. The molecule has 1 aromatic carbocycles. The molecule has 1 aromatic heterocycles. The monoisotopic (exact) mass is 275 g/mol. The quantitative estimate of drug-likeness (QED) is 0.517. The number of nitrogens with one attached hydrogen (secondary N) is 1. The fourth-order valence-corrected chi connectivity index (χ4v) is 1.99. The first-order valence-corrected chi connectivity index (χ1v) is 6.52. The minimum Gasteiger partial charge on any atom is -0.490 e. The summed E-state index contributed by atoms with van der Waals surface area (Å²) in [7, 11) is 0. The highest BCUT2D eigenvalue weighted by molar-refractivity contribution is 6.43. The number of H-pyrrole nitrogens is 1. The van der Waals surface area contributed by atoms with Crippen LogP contribution in [-0.2, 0) is 9.53 Å². The van der Waals surface area contributed by atoms with Crippen molar-refractivity contribution in [1.82, 2.24) is 4.98 Å². The van der Waals surface area contributed by atoms with Crippen molar-refractivity contribution in [3.05, 3.63) is 30.0 Å². The Labute approximate surface area is 116 Å². The number of esters is 1. The molecule has 2 aromatic rings. The first-order chi connectivity index (χ1) is 9.54. The molecule has 5 heteroatoms. The topological polar surface area (TPSA) is 68.4 Å². The van der Waals surface area contributed by atoms with Crippen LogP contribution in [0.2, 0.25) is 0 Å². The minimum absolute atomic E-state index is 0.0268. The smallest absolute Gasteiger partial charge is 0.379 e. The molecule has 20 heavy (non-hydrogen) atoms. The molecule has 0 amide bonds. The molecule has 106 valence electrons. The van der Waals surface area contributed by atoms with E-state index in [0.717, 1.165) is 5.52 Å². The molecular formula is C15H17NO4. The van der Waals surface area contributed by atoms with Gasteiger partial charge in [0, 0.05) is 11.7 Å². The van der Waals surface area contributed by atoms with Crippen molar-refractivity contribution in [2.75, 3.05) is 6.61 Å². The predicted octanol–water partition coefficient (Wildman–Crippen LogP) is 2.70. The minimum atomic E-state index is -0.854. The van der Waals surface area contributed by atoms with Gasteiger partial charge >= 0.3 is 5.97 Å². The number of hydrogen-bond donors (Lipinski definition) is 1. The van der Waals surface area contributed by atoms with Gasteiger partial charge in [-0.1, -0.05) is 6.07 Å². The molecule has 1 heterocycles. The maximum absolute atomic E-state index is 12.1. The Bertz CT molecular complexity index is 642. The molecule has 2 rings (SSSR count). The summed E-state index contributed by atoms with van der Waals surface area (Å²) in [5, 5.41) is 0.610. The van der Waals surface area contributed by atoms with Crippen molar-refractivity contribution >= 4 is 22.7 Å². The Morgan fingerprint density at radius 3 is 2.70 bits per heavy atom. The predicted molar refractivity (Wildman–Crippen MR) is 75.0 cm³/mol. The zero-order chi connectivity index (χ0) is 14.7. The van der Waals surface area contributed by atoms with E-state index in [-0.39, 0.29) is 18.3 Å². The summed E-state index contributed by atoms with van der Waals surface area (Å²) in [5.74, 6) is -0.947. The first-order valence-electron chi connectivity index (χ1n) is 6.52. The van der Waals surface area contributed by atoms with Crippen LogP contribution in [0.25, 0.3) is 10.9 Å². The lowest BCUT2D eigenvalue weighted by molar-refractivity contribution is -0.137. The van der Waals surface area contributed by atoms with Crippen LogP contribution in [0.4, 0.5) is 0 Å². The Kier molecular flexibility index (Phi) is 4.08. The molecule has 0 aliphatic rings. The van der Waals surface area contributed by atoms with E-state index in [9.17, 15) is 9.59 Å². The van der Waals surface area contributed by atoms with E-state index in [2.05, 4.69) is 4.98 Å². The van der Waals surface area contributed by atoms with Crippen LogP contribution in [-0.4, -0.2) is 29.4 Å². The molecule has 0 fully saturated rings. The summed E-state index contributed by atoms with van der Waals surface area (Å²) >= 11 is 0. The van der Waals surface area contributed by atoms with Crippen molar-refractivity contribution < 1.29 is 19.1 Å². The molecule has 5 nitrogen and oxygen atoms in total. The fraction of sp³-hybridized carbons (Fsp3) is 0.333. The van der Waals surface area contributed by atoms with E-state index >= 15 is 0 Å². The molecule has 0 saturated carbocycles.